The first-order valence-electron chi connectivity index (χ1n) is 10.3. The Hall–Kier alpha value is -3.30. The second kappa shape index (κ2) is 9.67. The minimum Gasteiger partial charge on any atom is -0.478 e. The van der Waals surface area contributed by atoms with Gasteiger partial charge in [0.05, 0.1) is 0 Å². The van der Waals surface area contributed by atoms with E-state index in [0.29, 0.717) is 12.4 Å². The van der Waals surface area contributed by atoms with Gasteiger partial charge in [-0.25, -0.2) is 20.6 Å². The van der Waals surface area contributed by atoms with E-state index in [1.54, 1.807) is 18.3 Å². The van der Waals surface area contributed by atoms with Crippen LogP contribution in [0, 0.1) is 0 Å². The van der Waals surface area contributed by atoms with Crippen LogP contribution in [-0.2, 0) is 6.54 Å². The maximum Gasteiger partial charge on any atom is 0.339 e. The normalized spacial score (nSPS) is 14.0. The Morgan fingerprint density at radius 3 is 2.48 bits per heavy atom. The SMILES string of the molecule is CCCN(Cc1ccc(-c2ccccc2C2NNNN2)cc1)c1ncccc1C(=O)O. The molecule has 0 amide bonds. The van der Waals surface area contributed by atoms with E-state index in [-0.39, 0.29) is 11.7 Å². The fraction of sp³-hybridized carbons (Fsp3) is 0.217. The van der Waals surface area contributed by atoms with Crippen molar-refractivity contribution in [3.8, 4) is 11.1 Å². The van der Waals surface area contributed by atoms with Gasteiger partial charge in [-0.15, -0.1) is 0 Å². The second-order valence-electron chi connectivity index (χ2n) is 7.36. The van der Waals surface area contributed by atoms with Gasteiger partial charge < -0.3 is 10.0 Å². The van der Waals surface area contributed by atoms with Gasteiger partial charge in [0.1, 0.15) is 17.5 Å². The predicted molar refractivity (Wildman–Crippen MR) is 120 cm³/mol. The number of nitrogens with one attached hydrogen (secondary N) is 4. The fourth-order valence-corrected chi connectivity index (χ4v) is 3.78. The molecule has 3 aromatic rings. The highest BCUT2D eigenvalue weighted by atomic mass is 16.4. The Morgan fingerprint density at radius 2 is 1.77 bits per heavy atom. The molecule has 31 heavy (non-hydrogen) atoms. The predicted octanol–water partition coefficient (Wildman–Crippen LogP) is 2.98. The van der Waals surface area contributed by atoms with Crippen molar-refractivity contribution in [2.24, 2.45) is 0 Å². The van der Waals surface area contributed by atoms with Crippen LogP contribution in [0.3, 0.4) is 0 Å². The monoisotopic (exact) mass is 418 g/mol. The molecular formula is C23H26N6O2. The molecule has 0 unspecified atom stereocenters. The number of hydrogen-bond acceptors (Lipinski definition) is 7. The summed E-state index contributed by atoms with van der Waals surface area (Å²) in [7, 11) is 0. The number of rotatable bonds is 8. The van der Waals surface area contributed by atoms with Gasteiger partial charge in [0.2, 0.25) is 0 Å². The van der Waals surface area contributed by atoms with Crippen molar-refractivity contribution >= 4 is 11.8 Å². The zero-order valence-electron chi connectivity index (χ0n) is 17.3. The third-order valence-corrected chi connectivity index (χ3v) is 5.22. The molecule has 1 aromatic heterocycles. The van der Waals surface area contributed by atoms with E-state index >= 15 is 0 Å². The highest BCUT2D eigenvalue weighted by molar-refractivity contribution is 5.93. The first-order chi connectivity index (χ1) is 15.2. The van der Waals surface area contributed by atoms with Crippen LogP contribution >= 0.6 is 0 Å². The Labute approximate surface area is 181 Å². The van der Waals surface area contributed by atoms with Crippen molar-refractivity contribution in [1.82, 2.24) is 26.9 Å². The summed E-state index contributed by atoms with van der Waals surface area (Å²) < 4.78 is 0. The maximum absolute atomic E-state index is 11.6. The average molecular weight is 419 g/mol. The molecule has 1 saturated heterocycles. The number of carboxylic acid groups (broad SMARTS) is 1. The summed E-state index contributed by atoms with van der Waals surface area (Å²) in [6, 6.07) is 19.9. The molecule has 0 atom stereocenters. The largest absolute Gasteiger partial charge is 0.478 e. The molecule has 2 heterocycles. The summed E-state index contributed by atoms with van der Waals surface area (Å²) in [4.78, 5) is 18.0. The molecular weight excluding hydrogens is 392 g/mol. The van der Waals surface area contributed by atoms with Crippen LogP contribution < -0.4 is 26.8 Å². The molecule has 0 spiro atoms. The van der Waals surface area contributed by atoms with E-state index in [1.165, 1.54) is 0 Å². The Morgan fingerprint density at radius 1 is 1.03 bits per heavy atom. The summed E-state index contributed by atoms with van der Waals surface area (Å²) in [5.41, 5.74) is 16.7. The molecule has 8 nitrogen and oxygen atoms in total. The molecule has 0 aliphatic carbocycles. The van der Waals surface area contributed by atoms with E-state index in [2.05, 4.69) is 70.2 Å². The average Bonchev–Trinajstić information content (AvgIpc) is 3.34. The molecule has 1 aliphatic rings. The topological polar surface area (TPSA) is 102 Å². The summed E-state index contributed by atoms with van der Waals surface area (Å²) in [5, 5.41) is 9.54. The summed E-state index contributed by atoms with van der Waals surface area (Å²) in [6.07, 6.45) is 2.48. The fourth-order valence-electron chi connectivity index (χ4n) is 3.78. The standard InChI is InChI=1S/C23H26N6O2/c1-2-14-29(22-20(23(30)31)8-5-13-24-22)15-16-9-11-17(12-10-16)18-6-3-4-7-19(18)21-25-27-28-26-21/h3-13,21,25-28H,2,14-15H2,1H3,(H,30,31). The number of carboxylic acids is 1. The van der Waals surface area contributed by atoms with Gasteiger partial charge in [-0.1, -0.05) is 55.5 Å². The van der Waals surface area contributed by atoms with Gasteiger partial charge in [-0.2, -0.15) is 11.1 Å². The summed E-state index contributed by atoms with van der Waals surface area (Å²) >= 11 is 0. The van der Waals surface area contributed by atoms with E-state index in [4.69, 9.17) is 0 Å². The lowest BCUT2D eigenvalue weighted by atomic mass is 9.97. The van der Waals surface area contributed by atoms with Gasteiger partial charge in [0.15, 0.2) is 0 Å². The van der Waals surface area contributed by atoms with Gasteiger partial charge in [-0.05, 0) is 40.8 Å². The van der Waals surface area contributed by atoms with E-state index < -0.39 is 5.97 Å². The number of hydrazine groups is 3. The molecule has 0 saturated carbocycles. The lowest BCUT2D eigenvalue weighted by Crippen LogP contribution is -2.33. The minimum absolute atomic E-state index is 0.0467. The smallest absolute Gasteiger partial charge is 0.339 e. The lowest BCUT2D eigenvalue weighted by molar-refractivity contribution is 0.0697. The van der Waals surface area contributed by atoms with Crippen LogP contribution in [-0.4, -0.2) is 22.6 Å². The molecule has 5 N–H and O–H groups in total. The van der Waals surface area contributed by atoms with Crippen molar-refractivity contribution in [2.75, 3.05) is 11.4 Å². The van der Waals surface area contributed by atoms with Gasteiger partial charge in [0, 0.05) is 19.3 Å². The van der Waals surface area contributed by atoms with Gasteiger partial charge in [-0.3, -0.25) is 0 Å². The summed E-state index contributed by atoms with van der Waals surface area (Å²) in [5.74, 6) is -0.459. The van der Waals surface area contributed by atoms with E-state index in [0.717, 1.165) is 35.2 Å². The van der Waals surface area contributed by atoms with Gasteiger partial charge >= 0.3 is 5.97 Å². The van der Waals surface area contributed by atoms with Crippen LogP contribution in [0.25, 0.3) is 11.1 Å². The third-order valence-electron chi connectivity index (χ3n) is 5.22. The highest BCUT2D eigenvalue weighted by Crippen LogP contribution is 2.28. The molecule has 0 radical (unpaired) electrons. The van der Waals surface area contributed by atoms with Crippen molar-refractivity contribution in [2.45, 2.75) is 26.1 Å². The molecule has 0 bridgehead atoms. The number of anilines is 1. The van der Waals surface area contributed by atoms with Crippen LogP contribution in [0.4, 0.5) is 5.82 Å². The zero-order valence-corrected chi connectivity index (χ0v) is 17.3. The Balaban J connectivity index is 1.58. The Bertz CT molecular complexity index is 1030. The number of carbonyl (C=O) groups is 1. The van der Waals surface area contributed by atoms with Gasteiger partial charge in [0.25, 0.3) is 0 Å². The molecule has 1 fully saturated rings. The molecule has 1 aliphatic heterocycles. The van der Waals surface area contributed by atoms with Crippen molar-refractivity contribution in [3.63, 3.8) is 0 Å². The summed E-state index contributed by atoms with van der Waals surface area (Å²) in [6.45, 7) is 3.39. The molecule has 4 rings (SSSR count). The zero-order chi connectivity index (χ0) is 21.6. The van der Waals surface area contributed by atoms with Crippen molar-refractivity contribution in [1.29, 1.82) is 0 Å². The minimum atomic E-state index is -0.964. The molecule has 2 aromatic carbocycles. The number of pyridine rings is 1. The quantitative estimate of drug-likeness (QED) is 0.381. The van der Waals surface area contributed by atoms with E-state index in [1.807, 2.05) is 17.0 Å². The Kier molecular flexibility index (Phi) is 6.54. The molecule has 8 heteroatoms. The van der Waals surface area contributed by atoms with Crippen LogP contribution in [0.1, 0.15) is 41.0 Å². The number of aromatic carboxylic acids is 1. The highest BCUT2D eigenvalue weighted by Gasteiger charge is 2.19. The van der Waals surface area contributed by atoms with Crippen LogP contribution in [0.2, 0.25) is 0 Å². The number of hydrogen-bond donors (Lipinski definition) is 5. The number of nitrogens with zero attached hydrogens (tertiary/aromatic N) is 2. The first kappa shape index (κ1) is 21.0. The lowest BCUT2D eigenvalue weighted by Gasteiger charge is -2.25. The maximum atomic E-state index is 11.6. The van der Waals surface area contributed by atoms with Crippen molar-refractivity contribution in [3.05, 3.63) is 83.6 Å². The first-order valence-corrected chi connectivity index (χ1v) is 10.3. The van der Waals surface area contributed by atoms with Crippen molar-refractivity contribution < 1.29 is 9.90 Å². The molecule has 160 valence electrons. The second-order valence-corrected chi connectivity index (χ2v) is 7.36. The third kappa shape index (κ3) is 4.73. The van der Waals surface area contributed by atoms with Crippen LogP contribution in [0.5, 0.6) is 0 Å². The number of aromatic nitrogens is 1. The number of benzene rings is 2. The van der Waals surface area contributed by atoms with E-state index in [9.17, 15) is 9.90 Å². The van der Waals surface area contributed by atoms with Crippen LogP contribution in [0.15, 0.2) is 66.9 Å².